The Morgan fingerprint density at radius 2 is 2.11 bits per heavy atom. The van der Waals surface area contributed by atoms with E-state index in [9.17, 15) is 0 Å². The SMILES string of the molecule is CC1(C)c2cccnc2NC1C=CC=C1C=CN(CCC#N)c2ccccc21. The van der Waals surface area contributed by atoms with Crippen molar-refractivity contribution in [2.24, 2.45) is 0 Å². The molecule has 1 atom stereocenters. The summed E-state index contributed by atoms with van der Waals surface area (Å²) in [4.78, 5) is 6.61. The second-order valence-electron chi connectivity index (χ2n) is 7.68. The van der Waals surface area contributed by atoms with E-state index < -0.39 is 0 Å². The van der Waals surface area contributed by atoms with Crippen LogP contribution in [0.15, 0.2) is 73.1 Å². The fraction of sp³-hybridized carbons (Fsp3) is 0.250. The summed E-state index contributed by atoms with van der Waals surface area (Å²) in [5.41, 5.74) is 4.76. The average Bonchev–Trinajstić information content (AvgIpc) is 2.97. The van der Waals surface area contributed by atoms with Gasteiger partial charge in [0.25, 0.3) is 0 Å². The van der Waals surface area contributed by atoms with Gasteiger partial charge in [-0.25, -0.2) is 4.98 Å². The first-order valence-corrected chi connectivity index (χ1v) is 9.63. The van der Waals surface area contributed by atoms with Gasteiger partial charge in [-0.1, -0.05) is 56.3 Å². The summed E-state index contributed by atoms with van der Waals surface area (Å²) < 4.78 is 0. The number of para-hydroxylation sites is 1. The third-order valence-electron chi connectivity index (χ3n) is 5.57. The molecule has 28 heavy (non-hydrogen) atoms. The first kappa shape index (κ1) is 18.1. The molecule has 0 aliphatic carbocycles. The maximum absolute atomic E-state index is 8.89. The van der Waals surface area contributed by atoms with Crippen molar-refractivity contribution in [3.05, 3.63) is 84.2 Å². The van der Waals surface area contributed by atoms with Gasteiger partial charge in [0.1, 0.15) is 5.82 Å². The lowest BCUT2D eigenvalue weighted by atomic mass is 9.81. The summed E-state index contributed by atoms with van der Waals surface area (Å²) in [5.74, 6) is 0.978. The highest BCUT2D eigenvalue weighted by Crippen LogP contribution is 2.40. The van der Waals surface area contributed by atoms with Crippen LogP contribution in [0.4, 0.5) is 11.5 Å². The molecule has 140 valence electrons. The van der Waals surface area contributed by atoms with Gasteiger partial charge in [-0.3, -0.25) is 0 Å². The van der Waals surface area contributed by atoms with Crippen LogP contribution in [0.2, 0.25) is 0 Å². The molecule has 1 aromatic carbocycles. The number of rotatable bonds is 4. The van der Waals surface area contributed by atoms with Crippen LogP contribution >= 0.6 is 0 Å². The van der Waals surface area contributed by atoms with Crippen molar-refractivity contribution in [2.45, 2.75) is 31.7 Å². The van der Waals surface area contributed by atoms with Crippen LogP contribution in [0.25, 0.3) is 5.57 Å². The van der Waals surface area contributed by atoms with E-state index in [2.05, 4.69) is 89.9 Å². The number of aromatic nitrogens is 1. The molecule has 0 saturated carbocycles. The molecule has 0 radical (unpaired) electrons. The molecule has 4 nitrogen and oxygen atoms in total. The lowest BCUT2D eigenvalue weighted by Gasteiger charge is -2.27. The second-order valence-corrected chi connectivity index (χ2v) is 7.68. The number of allylic oxidation sites excluding steroid dienone is 4. The smallest absolute Gasteiger partial charge is 0.130 e. The van der Waals surface area contributed by atoms with E-state index in [1.54, 1.807) is 0 Å². The molecule has 3 heterocycles. The van der Waals surface area contributed by atoms with Gasteiger partial charge in [0.2, 0.25) is 0 Å². The molecule has 1 N–H and O–H groups in total. The summed E-state index contributed by atoms with van der Waals surface area (Å²) >= 11 is 0. The maximum atomic E-state index is 8.89. The lowest BCUT2D eigenvalue weighted by molar-refractivity contribution is 0.518. The van der Waals surface area contributed by atoms with E-state index >= 15 is 0 Å². The van der Waals surface area contributed by atoms with Gasteiger partial charge in [0.15, 0.2) is 0 Å². The highest BCUT2D eigenvalue weighted by atomic mass is 15.1. The van der Waals surface area contributed by atoms with E-state index in [4.69, 9.17) is 5.26 Å². The maximum Gasteiger partial charge on any atom is 0.130 e. The van der Waals surface area contributed by atoms with Gasteiger partial charge in [0, 0.05) is 41.2 Å². The Hall–Kier alpha value is -3.32. The molecular weight excluding hydrogens is 344 g/mol. The quantitative estimate of drug-likeness (QED) is 0.821. The van der Waals surface area contributed by atoms with Gasteiger partial charge >= 0.3 is 0 Å². The third kappa shape index (κ3) is 3.20. The molecule has 1 unspecified atom stereocenters. The predicted molar refractivity (Wildman–Crippen MR) is 115 cm³/mol. The first-order chi connectivity index (χ1) is 13.6. The van der Waals surface area contributed by atoms with E-state index in [1.807, 2.05) is 18.3 Å². The number of hydrogen-bond donors (Lipinski definition) is 1. The predicted octanol–water partition coefficient (Wildman–Crippen LogP) is 5.04. The average molecular weight is 368 g/mol. The van der Waals surface area contributed by atoms with Crippen molar-refractivity contribution >= 4 is 17.1 Å². The molecule has 4 rings (SSSR count). The normalized spacial score (nSPS) is 20.7. The number of benzene rings is 1. The van der Waals surface area contributed by atoms with Crippen LogP contribution in [0, 0.1) is 11.3 Å². The molecule has 1 aromatic heterocycles. The Morgan fingerprint density at radius 1 is 1.25 bits per heavy atom. The fourth-order valence-electron chi connectivity index (χ4n) is 3.91. The first-order valence-electron chi connectivity index (χ1n) is 9.63. The van der Waals surface area contributed by atoms with Gasteiger partial charge in [-0.2, -0.15) is 5.26 Å². The lowest BCUT2D eigenvalue weighted by Crippen LogP contribution is -2.31. The highest BCUT2D eigenvalue weighted by molar-refractivity contribution is 5.86. The Kier molecular flexibility index (Phi) is 4.75. The standard InChI is InChI=1S/C24H24N4/c1-24(2)20-10-6-15-26-23(20)27-22(24)12-5-8-18-13-17-28(16-7-14-25)21-11-4-3-9-19(18)21/h3-6,8-13,15,17,22H,7,16H2,1-2H3,(H,26,27). The van der Waals surface area contributed by atoms with Crippen molar-refractivity contribution in [3.8, 4) is 6.07 Å². The fourth-order valence-corrected chi connectivity index (χ4v) is 3.91. The molecule has 0 fully saturated rings. The van der Waals surface area contributed by atoms with E-state index in [1.165, 1.54) is 16.7 Å². The zero-order valence-corrected chi connectivity index (χ0v) is 16.3. The summed E-state index contributed by atoms with van der Waals surface area (Å²) in [6.45, 7) is 5.20. The van der Waals surface area contributed by atoms with Crippen molar-refractivity contribution in [1.29, 1.82) is 5.26 Å². The van der Waals surface area contributed by atoms with Crippen LogP contribution in [0.1, 0.15) is 31.4 Å². The molecule has 4 heteroatoms. The number of hydrogen-bond acceptors (Lipinski definition) is 4. The van der Waals surface area contributed by atoms with E-state index in [-0.39, 0.29) is 11.5 Å². The van der Waals surface area contributed by atoms with Crippen LogP contribution in [-0.4, -0.2) is 17.6 Å². The van der Waals surface area contributed by atoms with Crippen molar-refractivity contribution in [2.75, 3.05) is 16.8 Å². The summed E-state index contributed by atoms with van der Waals surface area (Å²) in [6.07, 6.45) is 13.0. The van der Waals surface area contributed by atoms with Crippen LogP contribution in [0.5, 0.6) is 0 Å². The van der Waals surface area contributed by atoms with Crippen LogP contribution < -0.4 is 10.2 Å². The van der Waals surface area contributed by atoms with Crippen molar-refractivity contribution in [3.63, 3.8) is 0 Å². The summed E-state index contributed by atoms with van der Waals surface area (Å²) in [5, 5.41) is 12.4. The molecule has 0 saturated heterocycles. The molecular formula is C24H24N4. The van der Waals surface area contributed by atoms with Crippen LogP contribution in [0.3, 0.4) is 0 Å². The van der Waals surface area contributed by atoms with Crippen LogP contribution in [-0.2, 0) is 5.41 Å². The molecule has 2 aromatic rings. The van der Waals surface area contributed by atoms with E-state index in [0.717, 1.165) is 11.5 Å². The molecule has 2 aliphatic heterocycles. The number of fused-ring (bicyclic) bond motifs is 2. The largest absolute Gasteiger partial charge is 0.363 e. The van der Waals surface area contributed by atoms with E-state index in [0.29, 0.717) is 13.0 Å². The molecule has 0 amide bonds. The molecule has 0 spiro atoms. The Bertz CT molecular complexity index is 1010. The minimum atomic E-state index is -0.00694. The highest BCUT2D eigenvalue weighted by Gasteiger charge is 2.38. The Morgan fingerprint density at radius 3 is 2.93 bits per heavy atom. The molecule has 0 bridgehead atoms. The van der Waals surface area contributed by atoms with Gasteiger partial charge < -0.3 is 10.2 Å². The number of nitrogens with zero attached hydrogens (tertiary/aromatic N) is 3. The van der Waals surface area contributed by atoms with Crippen molar-refractivity contribution in [1.82, 2.24) is 4.98 Å². The Balaban J connectivity index is 1.57. The number of pyridine rings is 1. The third-order valence-corrected chi connectivity index (χ3v) is 5.57. The topological polar surface area (TPSA) is 52.0 Å². The monoisotopic (exact) mass is 368 g/mol. The number of nitrogens with one attached hydrogen (secondary N) is 1. The minimum absolute atomic E-state index is 0.00694. The van der Waals surface area contributed by atoms with Gasteiger partial charge in [0.05, 0.1) is 18.5 Å². The summed E-state index contributed by atoms with van der Waals surface area (Å²) in [6, 6.07) is 14.9. The van der Waals surface area contributed by atoms with Gasteiger partial charge in [-0.15, -0.1) is 0 Å². The van der Waals surface area contributed by atoms with Gasteiger partial charge in [-0.05, 0) is 23.8 Å². The van der Waals surface area contributed by atoms with Crippen molar-refractivity contribution < 1.29 is 0 Å². The molecule has 2 aliphatic rings. The zero-order chi connectivity index (χ0) is 19.6. The summed E-state index contributed by atoms with van der Waals surface area (Å²) in [7, 11) is 0. The Labute approximate surface area is 166 Å². The zero-order valence-electron chi connectivity index (χ0n) is 16.3. The second kappa shape index (κ2) is 7.36. The number of nitriles is 1. The minimum Gasteiger partial charge on any atom is -0.363 e. The number of anilines is 2.